The van der Waals surface area contributed by atoms with Crippen LogP contribution in [0.4, 0.5) is 13.2 Å². The molecule has 1 aromatic rings. The first kappa shape index (κ1) is 13.0. The van der Waals surface area contributed by atoms with Gasteiger partial charge in [-0.3, -0.25) is 9.59 Å². The molecule has 0 spiro atoms. The monoisotopic (exact) mass is 247 g/mol. The van der Waals surface area contributed by atoms with E-state index < -0.39 is 29.4 Å². The molecule has 17 heavy (non-hydrogen) atoms. The van der Waals surface area contributed by atoms with Crippen molar-refractivity contribution in [3.8, 4) is 5.75 Å². The van der Waals surface area contributed by atoms with Gasteiger partial charge in [0.2, 0.25) is 0 Å². The topological polar surface area (TPSA) is 69.4 Å². The number of ether oxygens (including phenoxy) is 1. The highest BCUT2D eigenvalue weighted by molar-refractivity contribution is 6.03. The highest BCUT2D eigenvalue weighted by atomic mass is 19.4. The number of nitrogens with two attached hydrogens (primary N) is 1. The van der Waals surface area contributed by atoms with E-state index in [0.717, 1.165) is 19.1 Å². The maximum atomic E-state index is 12.1. The van der Waals surface area contributed by atoms with Crippen LogP contribution in [-0.4, -0.2) is 18.1 Å². The Morgan fingerprint density at radius 1 is 1.24 bits per heavy atom. The van der Waals surface area contributed by atoms with Gasteiger partial charge in [-0.05, 0) is 19.1 Å². The fraction of sp³-hybridized carbons (Fsp3) is 0.200. The van der Waals surface area contributed by atoms with Crippen molar-refractivity contribution in [2.75, 3.05) is 0 Å². The summed E-state index contributed by atoms with van der Waals surface area (Å²) >= 11 is 0. The quantitative estimate of drug-likeness (QED) is 0.829. The molecule has 0 heterocycles. The fourth-order valence-electron chi connectivity index (χ4n) is 1.23. The van der Waals surface area contributed by atoms with Crippen molar-refractivity contribution >= 4 is 11.7 Å². The molecule has 0 aromatic heterocycles. The Bertz CT molecular complexity index is 436. The molecule has 0 unspecified atom stereocenters. The van der Waals surface area contributed by atoms with Gasteiger partial charge in [-0.1, -0.05) is 6.07 Å². The molecule has 0 fully saturated rings. The molecule has 0 atom stereocenters. The molecular weight excluding hydrogens is 239 g/mol. The summed E-state index contributed by atoms with van der Waals surface area (Å²) in [5, 5.41) is 0. The second kappa shape index (κ2) is 4.44. The van der Waals surface area contributed by atoms with E-state index in [2.05, 4.69) is 4.74 Å². The lowest BCUT2D eigenvalue weighted by molar-refractivity contribution is -0.274. The molecule has 0 aliphatic rings. The van der Waals surface area contributed by atoms with E-state index in [-0.39, 0.29) is 5.56 Å². The summed E-state index contributed by atoms with van der Waals surface area (Å²) < 4.78 is 40.1. The van der Waals surface area contributed by atoms with Gasteiger partial charge in [0.1, 0.15) is 0 Å². The Kier molecular flexibility index (Phi) is 3.40. The minimum absolute atomic E-state index is 0.348. The molecule has 1 amide bonds. The third kappa shape index (κ3) is 3.20. The Labute approximate surface area is 94.2 Å². The zero-order chi connectivity index (χ0) is 13.2. The van der Waals surface area contributed by atoms with Crippen molar-refractivity contribution < 1.29 is 27.5 Å². The SMILES string of the molecule is CC(=O)c1cccc(C(N)=O)c1OC(F)(F)F. The first-order valence-electron chi connectivity index (χ1n) is 4.42. The molecule has 0 saturated carbocycles. The number of carbonyl (C=O) groups excluding carboxylic acids is 2. The number of benzene rings is 1. The van der Waals surface area contributed by atoms with Gasteiger partial charge in [0.05, 0.1) is 11.1 Å². The van der Waals surface area contributed by atoms with Crippen molar-refractivity contribution in [3.05, 3.63) is 29.3 Å². The van der Waals surface area contributed by atoms with E-state index in [4.69, 9.17) is 5.73 Å². The Hall–Kier alpha value is -2.05. The smallest absolute Gasteiger partial charge is 0.404 e. The van der Waals surface area contributed by atoms with Crippen molar-refractivity contribution in [2.45, 2.75) is 13.3 Å². The predicted molar refractivity (Wildman–Crippen MR) is 51.6 cm³/mol. The van der Waals surface area contributed by atoms with E-state index in [1.807, 2.05) is 0 Å². The zero-order valence-electron chi connectivity index (χ0n) is 8.67. The average molecular weight is 247 g/mol. The third-order valence-electron chi connectivity index (χ3n) is 1.88. The molecule has 7 heteroatoms. The number of hydrogen-bond acceptors (Lipinski definition) is 3. The molecule has 92 valence electrons. The number of halogens is 3. The molecule has 1 rings (SSSR count). The van der Waals surface area contributed by atoms with E-state index in [9.17, 15) is 22.8 Å². The number of Topliss-reactive ketones (excluding diaryl/α,β-unsaturated/α-hetero) is 1. The van der Waals surface area contributed by atoms with Crippen LogP contribution in [0.1, 0.15) is 27.6 Å². The van der Waals surface area contributed by atoms with Gasteiger partial charge in [-0.15, -0.1) is 13.2 Å². The highest BCUT2D eigenvalue weighted by Crippen LogP contribution is 2.30. The highest BCUT2D eigenvalue weighted by Gasteiger charge is 2.34. The second-order valence-electron chi connectivity index (χ2n) is 3.15. The van der Waals surface area contributed by atoms with Crippen LogP contribution in [0.25, 0.3) is 0 Å². The largest absolute Gasteiger partial charge is 0.573 e. The first-order chi connectivity index (χ1) is 7.72. The summed E-state index contributed by atoms with van der Waals surface area (Å²) in [6, 6.07) is 3.42. The Morgan fingerprint density at radius 3 is 2.18 bits per heavy atom. The molecule has 1 aromatic carbocycles. The Morgan fingerprint density at radius 2 is 1.76 bits per heavy atom. The van der Waals surface area contributed by atoms with Crippen LogP contribution in [0.2, 0.25) is 0 Å². The second-order valence-corrected chi connectivity index (χ2v) is 3.15. The lowest BCUT2D eigenvalue weighted by Crippen LogP contribution is -2.22. The minimum Gasteiger partial charge on any atom is -0.404 e. The van der Waals surface area contributed by atoms with Gasteiger partial charge >= 0.3 is 6.36 Å². The van der Waals surface area contributed by atoms with Crippen molar-refractivity contribution in [2.24, 2.45) is 5.73 Å². The number of alkyl halides is 3. The number of para-hydroxylation sites is 1. The molecular formula is C10H8F3NO3. The summed E-state index contributed by atoms with van der Waals surface area (Å²) in [5.41, 5.74) is 4.07. The fourth-order valence-corrected chi connectivity index (χ4v) is 1.23. The van der Waals surface area contributed by atoms with Crippen LogP contribution in [0.3, 0.4) is 0 Å². The van der Waals surface area contributed by atoms with Gasteiger partial charge in [0, 0.05) is 0 Å². The van der Waals surface area contributed by atoms with E-state index >= 15 is 0 Å². The van der Waals surface area contributed by atoms with Crippen LogP contribution in [0.15, 0.2) is 18.2 Å². The van der Waals surface area contributed by atoms with Crippen LogP contribution < -0.4 is 10.5 Å². The van der Waals surface area contributed by atoms with Gasteiger partial charge in [0.25, 0.3) is 5.91 Å². The summed E-state index contributed by atoms with van der Waals surface area (Å²) in [5.74, 6) is -2.63. The molecule has 0 bridgehead atoms. The molecule has 0 aliphatic carbocycles. The van der Waals surface area contributed by atoms with Gasteiger partial charge in [-0.2, -0.15) is 0 Å². The molecule has 0 saturated heterocycles. The molecule has 4 nitrogen and oxygen atoms in total. The molecule has 0 radical (unpaired) electrons. The lowest BCUT2D eigenvalue weighted by atomic mass is 10.1. The van der Waals surface area contributed by atoms with Crippen LogP contribution >= 0.6 is 0 Å². The van der Waals surface area contributed by atoms with Crippen LogP contribution in [-0.2, 0) is 0 Å². The average Bonchev–Trinajstić information content (AvgIpc) is 2.14. The predicted octanol–water partition coefficient (Wildman–Crippen LogP) is 1.89. The Balaban J connectivity index is 3.39. The number of carbonyl (C=O) groups is 2. The summed E-state index contributed by atoms with van der Waals surface area (Å²) in [6.07, 6.45) is -5.00. The summed E-state index contributed by atoms with van der Waals surface area (Å²) in [4.78, 5) is 22.1. The minimum atomic E-state index is -5.00. The molecule has 2 N–H and O–H groups in total. The number of hydrogen-bond donors (Lipinski definition) is 1. The van der Waals surface area contributed by atoms with E-state index in [1.54, 1.807) is 0 Å². The zero-order valence-corrected chi connectivity index (χ0v) is 8.67. The van der Waals surface area contributed by atoms with E-state index in [1.165, 1.54) is 6.07 Å². The van der Waals surface area contributed by atoms with Crippen molar-refractivity contribution in [3.63, 3.8) is 0 Å². The number of rotatable bonds is 3. The normalized spacial score (nSPS) is 11.1. The maximum absolute atomic E-state index is 12.1. The maximum Gasteiger partial charge on any atom is 0.573 e. The lowest BCUT2D eigenvalue weighted by Gasteiger charge is -2.14. The number of primary amides is 1. The number of amides is 1. The van der Waals surface area contributed by atoms with Gasteiger partial charge in [0.15, 0.2) is 11.5 Å². The van der Waals surface area contributed by atoms with Gasteiger partial charge < -0.3 is 10.5 Å². The van der Waals surface area contributed by atoms with Crippen molar-refractivity contribution in [1.29, 1.82) is 0 Å². The standard InChI is InChI=1S/C10H8F3NO3/c1-5(15)6-3-2-4-7(9(14)16)8(6)17-10(11,12)13/h2-4H,1H3,(H2,14,16). The van der Waals surface area contributed by atoms with E-state index in [0.29, 0.717) is 0 Å². The first-order valence-corrected chi connectivity index (χ1v) is 4.42. The van der Waals surface area contributed by atoms with Crippen molar-refractivity contribution in [1.82, 2.24) is 0 Å². The van der Waals surface area contributed by atoms with Crippen LogP contribution in [0.5, 0.6) is 5.75 Å². The summed E-state index contributed by atoms with van der Waals surface area (Å²) in [7, 11) is 0. The van der Waals surface area contributed by atoms with Crippen LogP contribution in [0, 0.1) is 0 Å². The third-order valence-corrected chi connectivity index (χ3v) is 1.88. The summed E-state index contributed by atoms with van der Waals surface area (Å²) in [6.45, 7) is 1.06. The number of ketones is 1. The van der Waals surface area contributed by atoms with Gasteiger partial charge in [-0.25, -0.2) is 0 Å². The molecule has 0 aliphatic heterocycles.